The molecule has 24 heavy (non-hydrogen) atoms. The minimum absolute atomic E-state index is 0.0955. The van der Waals surface area contributed by atoms with Gasteiger partial charge in [-0.25, -0.2) is 0 Å². The first-order chi connectivity index (χ1) is 11.2. The molecule has 0 saturated carbocycles. The zero-order valence-corrected chi connectivity index (χ0v) is 18.0. The van der Waals surface area contributed by atoms with E-state index in [9.17, 15) is 13.2 Å². The maximum atomic E-state index is 12.6. The zero-order valence-electron chi connectivity index (χ0n) is 14.3. The van der Waals surface area contributed by atoms with Gasteiger partial charge in [0.05, 0.1) is 0 Å². The van der Waals surface area contributed by atoms with Crippen molar-refractivity contribution in [3.63, 3.8) is 0 Å². The molecular formula is C18H23NO3SW. The Morgan fingerprint density at radius 1 is 1.17 bits per heavy atom. The predicted molar refractivity (Wildman–Crippen MR) is 94.8 cm³/mol. The summed E-state index contributed by atoms with van der Waals surface area (Å²) in [6, 6.07) is 7.46. The van der Waals surface area contributed by atoms with Crippen molar-refractivity contribution in [2.45, 2.75) is 33.7 Å². The van der Waals surface area contributed by atoms with Crippen molar-refractivity contribution >= 4 is 19.7 Å². The molecule has 130 valence electrons. The third-order valence-electron chi connectivity index (χ3n) is 3.36. The van der Waals surface area contributed by atoms with E-state index in [2.05, 4.69) is 6.58 Å². The summed E-state index contributed by atoms with van der Waals surface area (Å²) in [6.07, 6.45) is 3.72. The summed E-state index contributed by atoms with van der Waals surface area (Å²) in [4.78, 5) is 11.2. The molecule has 0 saturated heterocycles. The van der Waals surface area contributed by atoms with Crippen molar-refractivity contribution in [1.82, 2.24) is 4.31 Å². The van der Waals surface area contributed by atoms with E-state index in [0.717, 1.165) is 15.0 Å². The van der Waals surface area contributed by atoms with E-state index in [1.165, 1.54) is 23.7 Å². The molecule has 4 nitrogen and oxygen atoms in total. The number of nitrogens with zero attached hydrogens (tertiary/aromatic N) is 1. The molecule has 0 fully saturated rings. The SMILES string of the molecule is C=C(C=C[C](C)=[W])S(=O)(=O)N(CC)Cc1ccc(CC(C)=O)cc1. The number of Topliss-reactive ketones (excluding diaryl/α,β-unsaturated/α-hetero) is 1. The Morgan fingerprint density at radius 3 is 2.17 bits per heavy atom. The normalized spacial score (nSPS) is 11.8. The number of allylic oxidation sites excluding steroid dienone is 2. The summed E-state index contributed by atoms with van der Waals surface area (Å²) in [7, 11) is -3.58. The van der Waals surface area contributed by atoms with Crippen molar-refractivity contribution in [2.24, 2.45) is 0 Å². The van der Waals surface area contributed by atoms with Crippen LogP contribution < -0.4 is 0 Å². The summed E-state index contributed by atoms with van der Waals surface area (Å²) >= 11 is 1.30. The molecule has 0 aliphatic rings. The molecule has 0 aliphatic heterocycles. The molecule has 0 unspecified atom stereocenters. The van der Waals surface area contributed by atoms with Crippen molar-refractivity contribution in [3.8, 4) is 0 Å². The standard InChI is InChI=1S/C18H23NO3S.W/c1-5-7-8-16(4)23(21,22)19(6-2)14-18-11-9-17(10-12-18)13-15(3)20;/h7-12H,4,6,13-14H2,1-3H3;. The molecule has 0 atom stereocenters. The van der Waals surface area contributed by atoms with Crippen LogP contribution >= 0.6 is 0 Å². The van der Waals surface area contributed by atoms with Crippen LogP contribution in [0.25, 0.3) is 0 Å². The van der Waals surface area contributed by atoms with Gasteiger partial charge >= 0.3 is 138 Å². The number of benzene rings is 1. The van der Waals surface area contributed by atoms with Gasteiger partial charge in [0.2, 0.25) is 0 Å². The average molecular weight is 517 g/mol. The topological polar surface area (TPSA) is 54.5 Å². The zero-order chi connectivity index (χ0) is 18.3. The number of rotatable bonds is 9. The van der Waals surface area contributed by atoms with Crippen LogP contribution in [-0.4, -0.2) is 28.9 Å². The van der Waals surface area contributed by atoms with Gasteiger partial charge in [-0.2, -0.15) is 0 Å². The summed E-state index contributed by atoms with van der Waals surface area (Å²) in [5, 5.41) is 0. The Balaban J connectivity index is 2.91. The van der Waals surface area contributed by atoms with E-state index in [4.69, 9.17) is 0 Å². The second kappa shape index (κ2) is 9.36. The van der Waals surface area contributed by atoms with E-state index < -0.39 is 10.0 Å². The Labute approximate surface area is 155 Å². The van der Waals surface area contributed by atoms with Crippen molar-refractivity contribution in [2.75, 3.05) is 6.54 Å². The summed E-state index contributed by atoms with van der Waals surface area (Å²) < 4.78 is 27.7. The quantitative estimate of drug-likeness (QED) is 0.474. The molecule has 0 aromatic heterocycles. The van der Waals surface area contributed by atoms with Crippen molar-refractivity contribution in [1.29, 1.82) is 0 Å². The van der Waals surface area contributed by atoms with E-state index >= 15 is 0 Å². The Bertz CT molecular complexity index is 749. The second-order valence-electron chi connectivity index (χ2n) is 5.54. The number of hydrogen-bond acceptors (Lipinski definition) is 3. The van der Waals surface area contributed by atoms with Crippen LogP contribution in [0.5, 0.6) is 0 Å². The third-order valence-corrected chi connectivity index (χ3v) is 5.72. The van der Waals surface area contributed by atoms with E-state index in [-0.39, 0.29) is 17.2 Å². The van der Waals surface area contributed by atoms with Crippen molar-refractivity contribution < 1.29 is 32.6 Å². The van der Waals surface area contributed by atoms with Crippen LogP contribution in [0, 0.1) is 0 Å². The van der Waals surface area contributed by atoms with E-state index in [1.807, 2.05) is 31.2 Å². The first-order valence-corrected chi connectivity index (χ1v) is 10.5. The van der Waals surface area contributed by atoms with E-state index in [1.54, 1.807) is 26.0 Å². The fourth-order valence-electron chi connectivity index (χ4n) is 2.08. The predicted octanol–water partition coefficient (Wildman–Crippen LogP) is 2.78. The maximum absolute atomic E-state index is 12.6. The van der Waals surface area contributed by atoms with Gasteiger partial charge in [-0.3, -0.25) is 4.79 Å². The molecule has 6 heteroatoms. The molecule has 0 radical (unpaired) electrons. The van der Waals surface area contributed by atoms with Gasteiger partial charge in [-0.15, -0.1) is 0 Å². The second-order valence-corrected chi connectivity index (χ2v) is 9.84. The molecule has 1 aromatic carbocycles. The van der Waals surface area contributed by atoms with Crippen LogP contribution in [0.4, 0.5) is 0 Å². The first-order valence-electron chi connectivity index (χ1n) is 7.61. The molecule has 0 N–H and O–H groups in total. The fraction of sp³-hybridized carbons (Fsp3) is 0.333. The van der Waals surface area contributed by atoms with Crippen LogP contribution in [0.15, 0.2) is 47.9 Å². The van der Waals surface area contributed by atoms with Gasteiger partial charge in [0.1, 0.15) is 5.78 Å². The Hall–Kier alpha value is -1.16. The number of carbonyl (C=O) groups is 1. The first kappa shape index (κ1) is 20.9. The van der Waals surface area contributed by atoms with Crippen LogP contribution in [0.1, 0.15) is 31.9 Å². The molecule has 0 amide bonds. The number of sulfonamides is 1. The molecule has 0 bridgehead atoms. The van der Waals surface area contributed by atoms with Gasteiger partial charge in [-0.1, -0.05) is 0 Å². The van der Waals surface area contributed by atoms with Gasteiger partial charge < -0.3 is 0 Å². The summed E-state index contributed by atoms with van der Waals surface area (Å²) in [5.74, 6) is 0.105. The van der Waals surface area contributed by atoms with Crippen LogP contribution in [0.3, 0.4) is 0 Å². The Morgan fingerprint density at radius 2 is 1.71 bits per heavy atom. The van der Waals surface area contributed by atoms with Gasteiger partial charge in [0.25, 0.3) is 0 Å². The van der Waals surface area contributed by atoms with Crippen LogP contribution in [-0.2, 0) is 47.1 Å². The molecule has 0 spiro atoms. The molecular weight excluding hydrogens is 494 g/mol. The molecule has 1 rings (SSSR count). The van der Waals surface area contributed by atoms with Gasteiger partial charge in [0.15, 0.2) is 0 Å². The molecule has 0 aliphatic carbocycles. The minimum atomic E-state index is -3.58. The number of hydrogen-bond donors (Lipinski definition) is 0. The number of carbonyl (C=O) groups excluding carboxylic acids is 1. The third kappa shape index (κ3) is 6.39. The Kier molecular flexibility index (Phi) is 8.14. The summed E-state index contributed by atoms with van der Waals surface area (Å²) in [6.45, 7) is 9.64. The molecule has 0 heterocycles. The van der Waals surface area contributed by atoms with Gasteiger partial charge in [0, 0.05) is 0 Å². The average Bonchev–Trinajstić information content (AvgIpc) is 2.50. The van der Waals surface area contributed by atoms with Crippen LogP contribution in [0.2, 0.25) is 0 Å². The number of ketones is 1. The van der Waals surface area contributed by atoms with Crippen molar-refractivity contribution in [3.05, 3.63) is 59.0 Å². The fourth-order valence-corrected chi connectivity index (χ4v) is 3.56. The monoisotopic (exact) mass is 517 g/mol. The van der Waals surface area contributed by atoms with Gasteiger partial charge in [-0.05, 0) is 6.92 Å². The molecule has 1 aromatic rings. The van der Waals surface area contributed by atoms with E-state index in [0.29, 0.717) is 13.0 Å². The summed E-state index contributed by atoms with van der Waals surface area (Å²) in [5.41, 5.74) is 1.81.